The van der Waals surface area contributed by atoms with Gasteiger partial charge in [-0.05, 0) is 5.56 Å². The van der Waals surface area contributed by atoms with E-state index in [2.05, 4.69) is 22.3 Å². The molecule has 2 N–H and O–H groups in total. The molecule has 2 rings (SSSR count). The molecule has 18 heavy (non-hydrogen) atoms. The molecular formula is C14H20N2O2. The van der Waals surface area contributed by atoms with Gasteiger partial charge in [0.1, 0.15) is 0 Å². The summed E-state index contributed by atoms with van der Waals surface area (Å²) < 4.78 is 0. The molecule has 0 aromatic heterocycles. The van der Waals surface area contributed by atoms with Gasteiger partial charge in [0.25, 0.3) is 0 Å². The van der Waals surface area contributed by atoms with E-state index >= 15 is 0 Å². The number of carbonyl (C=O) groups is 1. The fourth-order valence-electron chi connectivity index (χ4n) is 2.33. The van der Waals surface area contributed by atoms with Crippen molar-refractivity contribution >= 4 is 5.97 Å². The van der Waals surface area contributed by atoms with Gasteiger partial charge in [-0.3, -0.25) is 9.69 Å². The number of rotatable bonds is 4. The quantitative estimate of drug-likeness (QED) is 0.840. The lowest BCUT2D eigenvalue weighted by atomic mass is 9.99. The SMILES string of the molecule is CC(C(=O)O)[C@H]1CN(Cc2ccccc2)CCN1. The van der Waals surface area contributed by atoms with Gasteiger partial charge < -0.3 is 10.4 Å². The van der Waals surface area contributed by atoms with Crippen LogP contribution in [0.1, 0.15) is 12.5 Å². The van der Waals surface area contributed by atoms with E-state index in [0.717, 1.165) is 26.2 Å². The largest absolute Gasteiger partial charge is 0.481 e. The highest BCUT2D eigenvalue weighted by Gasteiger charge is 2.28. The van der Waals surface area contributed by atoms with Gasteiger partial charge in [-0.25, -0.2) is 0 Å². The monoisotopic (exact) mass is 248 g/mol. The summed E-state index contributed by atoms with van der Waals surface area (Å²) in [6.45, 7) is 5.28. The van der Waals surface area contributed by atoms with Gasteiger partial charge in [-0.2, -0.15) is 0 Å². The lowest BCUT2D eigenvalue weighted by Gasteiger charge is -2.35. The van der Waals surface area contributed by atoms with Gasteiger partial charge in [0.2, 0.25) is 0 Å². The first-order valence-corrected chi connectivity index (χ1v) is 6.39. The molecule has 0 saturated carbocycles. The normalized spacial score (nSPS) is 22.6. The van der Waals surface area contributed by atoms with Crippen molar-refractivity contribution in [3.8, 4) is 0 Å². The summed E-state index contributed by atoms with van der Waals surface area (Å²) in [6, 6.07) is 10.3. The minimum Gasteiger partial charge on any atom is -0.481 e. The van der Waals surface area contributed by atoms with E-state index in [1.54, 1.807) is 6.92 Å². The van der Waals surface area contributed by atoms with Crippen LogP contribution in [0.5, 0.6) is 0 Å². The zero-order valence-electron chi connectivity index (χ0n) is 10.7. The van der Waals surface area contributed by atoms with Crippen molar-refractivity contribution < 1.29 is 9.90 Å². The zero-order chi connectivity index (χ0) is 13.0. The molecule has 1 saturated heterocycles. The van der Waals surface area contributed by atoms with Crippen molar-refractivity contribution in [1.82, 2.24) is 10.2 Å². The molecule has 0 aliphatic carbocycles. The van der Waals surface area contributed by atoms with Crippen LogP contribution in [0.25, 0.3) is 0 Å². The van der Waals surface area contributed by atoms with Crippen molar-refractivity contribution in [3.63, 3.8) is 0 Å². The average molecular weight is 248 g/mol. The molecular weight excluding hydrogens is 228 g/mol. The van der Waals surface area contributed by atoms with Gasteiger partial charge in [0, 0.05) is 32.2 Å². The van der Waals surface area contributed by atoms with Crippen LogP contribution in [-0.2, 0) is 11.3 Å². The third-order valence-corrected chi connectivity index (χ3v) is 3.53. The predicted octanol–water partition coefficient (Wildman–Crippen LogP) is 1.18. The zero-order valence-corrected chi connectivity index (χ0v) is 10.7. The molecule has 1 aromatic rings. The number of hydrogen-bond acceptors (Lipinski definition) is 3. The van der Waals surface area contributed by atoms with Crippen molar-refractivity contribution in [2.45, 2.75) is 19.5 Å². The Hall–Kier alpha value is -1.39. The van der Waals surface area contributed by atoms with E-state index in [1.807, 2.05) is 18.2 Å². The van der Waals surface area contributed by atoms with Crippen molar-refractivity contribution in [3.05, 3.63) is 35.9 Å². The van der Waals surface area contributed by atoms with Gasteiger partial charge in [-0.15, -0.1) is 0 Å². The number of piperazine rings is 1. The van der Waals surface area contributed by atoms with Crippen LogP contribution in [0.3, 0.4) is 0 Å². The summed E-state index contributed by atoms with van der Waals surface area (Å²) in [5.74, 6) is -1.07. The number of benzene rings is 1. The summed E-state index contributed by atoms with van der Waals surface area (Å²) in [5, 5.41) is 12.3. The van der Waals surface area contributed by atoms with E-state index in [0.29, 0.717) is 0 Å². The Kier molecular flexibility index (Phi) is 4.33. The van der Waals surface area contributed by atoms with E-state index in [4.69, 9.17) is 5.11 Å². The molecule has 1 aromatic carbocycles. The first-order chi connectivity index (χ1) is 8.66. The van der Waals surface area contributed by atoms with E-state index in [-0.39, 0.29) is 12.0 Å². The molecule has 1 unspecified atom stereocenters. The van der Waals surface area contributed by atoms with Gasteiger partial charge >= 0.3 is 5.97 Å². The fourth-order valence-corrected chi connectivity index (χ4v) is 2.33. The Balaban J connectivity index is 1.93. The molecule has 0 spiro atoms. The highest BCUT2D eigenvalue weighted by molar-refractivity contribution is 5.70. The van der Waals surface area contributed by atoms with Gasteiger partial charge in [0.05, 0.1) is 5.92 Å². The molecule has 4 heteroatoms. The first-order valence-electron chi connectivity index (χ1n) is 6.39. The highest BCUT2D eigenvalue weighted by atomic mass is 16.4. The molecule has 0 amide bonds. The number of carboxylic acids is 1. The van der Waals surface area contributed by atoms with Gasteiger partial charge in [-0.1, -0.05) is 37.3 Å². The Bertz CT molecular complexity index is 394. The number of nitrogens with one attached hydrogen (secondary N) is 1. The molecule has 1 heterocycles. The third-order valence-electron chi connectivity index (χ3n) is 3.53. The van der Waals surface area contributed by atoms with Crippen LogP contribution >= 0.6 is 0 Å². The standard InChI is InChI=1S/C14H20N2O2/c1-11(14(17)18)13-10-16(8-7-15-13)9-12-5-3-2-4-6-12/h2-6,11,13,15H,7-10H2,1H3,(H,17,18)/t11?,13-/m1/s1. The summed E-state index contributed by atoms with van der Waals surface area (Å²) in [7, 11) is 0. The Morgan fingerprint density at radius 1 is 1.50 bits per heavy atom. The molecule has 0 bridgehead atoms. The Labute approximate surface area is 108 Å². The first kappa shape index (κ1) is 13.1. The Morgan fingerprint density at radius 3 is 2.89 bits per heavy atom. The second kappa shape index (κ2) is 5.98. The van der Waals surface area contributed by atoms with Crippen LogP contribution in [0.2, 0.25) is 0 Å². The summed E-state index contributed by atoms with van der Waals surface area (Å²) >= 11 is 0. The maximum absolute atomic E-state index is 11.0. The van der Waals surface area contributed by atoms with Crippen molar-refractivity contribution in [1.29, 1.82) is 0 Å². The molecule has 1 aliphatic heterocycles. The fraction of sp³-hybridized carbons (Fsp3) is 0.500. The second-order valence-corrected chi connectivity index (χ2v) is 4.91. The number of aliphatic carboxylic acids is 1. The molecule has 1 aliphatic rings. The van der Waals surface area contributed by atoms with Crippen LogP contribution < -0.4 is 5.32 Å². The molecule has 2 atom stereocenters. The van der Waals surface area contributed by atoms with Crippen LogP contribution in [0.15, 0.2) is 30.3 Å². The summed E-state index contributed by atoms with van der Waals surface area (Å²) in [4.78, 5) is 13.3. The second-order valence-electron chi connectivity index (χ2n) is 4.91. The average Bonchev–Trinajstić information content (AvgIpc) is 2.39. The lowest BCUT2D eigenvalue weighted by molar-refractivity contribution is -0.142. The van der Waals surface area contributed by atoms with Crippen molar-refractivity contribution in [2.75, 3.05) is 19.6 Å². The lowest BCUT2D eigenvalue weighted by Crippen LogP contribution is -2.54. The minimum absolute atomic E-state index is 0.0416. The van der Waals surface area contributed by atoms with E-state index in [1.165, 1.54) is 5.56 Å². The van der Waals surface area contributed by atoms with E-state index < -0.39 is 5.97 Å². The molecule has 0 radical (unpaired) electrons. The number of hydrogen-bond donors (Lipinski definition) is 2. The van der Waals surface area contributed by atoms with Gasteiger partial charge in [0.15, 0.2) is 0 Å². The van der Waals surface area contributed by atoms with Crippen LogP contribution in [0.4, 0.5) is 0 Å². The van der Waals surface area contributed by atoms with E-state index in [9.17, 15) is 4.79 Å². The third kappa shape index (κ3) is 3.31. The predicted molar refractivity (Wildman–Crippen MR) is 70.3 cm³/mol. The molecule has 1 fully saturated rings. The molecule has 98 valence electrons. The number of nitrogens with zero attached hydrogens (tertiary/aromatic N) is 1. The van der Waals surface area contributed by atoms with Crippen LogP contribution in [0, 0.1) is 5.92 Å². The number of carboxylic acid groups (broad SMARTS) is 1. The van der Waals surface area contributed by atoms with Crippen molar-refractivity contribution in [2.24, 2.45) is 5.92 Å². The smallest absolute Gasteiger partial charge is 0.307 e. The topological polar surface area (TPSA) is 52.6 Å². The molecule has 4 nitrogen and oxygen atoms in total. The maximum Gasteiger partial charge on any atom is 0.307 e. The maximum atomic E-state index is 11.0. The minimum atomic E-state index is -0.728. The van der Waals surface area contributed by atoms with Crippen LogP contribution in [-0.4, -0.2) is 41.7 Å². The summed E-state index contributed by atoms with van der Waals surface area (Å²) in [5.41, 5.74) is 1.28. The Morgan fingerprint density at radius 2 is 2.22 bits per heavy atom. The summed E-state index contributed by atoms with van der Waals surface area (Å²) in [6.07, 6.45) is 0. The highest BCUT2D eigenvalue weighted by Crippen LogP contribution is 2.12.